The lowest BCUT2D eigenvalue weighted by Gasteiger charge is -1.95. The van der Waals surface area contributed by atoms with E-state index in [9.17, 15) is 14.5 Å². The van der Waals surface area contributed by atoms with E-state index in [1.54, 1.807) is 0 Å². The molecule has 2 amide bonds. The van der Waals surface area contributed by atoms with Gasteiger partial charge in [0.25, 0.3) is 0 Å². The second-order valence-corrected chi connectivity index (χ2v) is 1.64. The lowest BCUT2D eigenvalue weighted by Crippen LogP contribution is -2.28. The highest BCUT2D eigenvalue weighted by molar-refractivity contribution is 5.82. The van der Waals surface area contributed by atoms with Gasteiger partial charge in [-0.2, -0.15) is 0 Å². The van der Waals surface area contributed by atoms with E-state index in [1.165, 1.54) is 12.4 Å². The van der Waals surface area contributed by atoms with Gasteiger partial charge in [-0.15, -0.1) is 4.91 Å². The van der Waals surface area contributed by atoms with Crippen LogP contribution in [-0.4, -0.2) is 15.7 Å². The number of urea groups is 1. The Hall–Kier alpha value is -1.92. The predicted molar refractivity (Wildman–Crippen MR) is 35.6 cm³/mol. The second kappa shape index (κ2) is 2.78. The topological polar surface area (TPSA) is 96.3 Å². The number of amides is 2. The summed E-state index contributed by atoms with van der Waals surface area (Å²) < 4.78 is 0.809. The molecule has 0 spiro atoms. The Balaban J connectivity index is 2.79. The fourth-order valence-corrected chi connectivity index (χ4v) is 0.532. The van der Waals surface area contributed by atoms with Crippen LogP contribution in [0.4, 0.5) is 4.79 Å². The third-order valence-electron chi connectivity index (χ3n) is 0.948. The van der Waals surface area contributed by atoms with Crippen LogP contribution in [0.15, 0.2) is 22.4 Å². The second-order valence-electron chi connectivity index (χ2n) is 1.64. The van der Waals surface area contributed by atoms with E-state index in [-0.39, 0.29) is 0 Å². The van der Waals surface area contributed by atoms with Crippen molar-refractivity contribution in [2.75, 3.05) is 5.43 Å². The van der Waals surface area contributed by atoms with Crippen molar-refractivity contribution in [3.8, 4) is 0 Å². The minimum atomic E-state index is -1.12. The van der Waals surface area contributed by atoms with Crippen molar-refractivity contribution in [1.29, 1.82) is 0 Å². The maximum absolute atomic E-state index is 10.6. The molecular formula is C4H4N4O3. The van der Waals surface area contributed by atoms with E-state index in [4.69, 9.17) is 0 Å². The summed E-state index contributed by atoms with van der Waals surface area (Å²) in [6, 6.07) is -1.12. The number of nitroso groups, excluding NO2 is 1. The molecule has 0 aliphatic heterocycles. The van der Waals surface area contributed by atoms with Crippen molar-refractivity contribution in [3.05, 3.63) is 27.8 Å². The van der Waals surface area contributed by atoms with Crippen molar-refractivity contribution < 1.29 is 4.79 Å². The Bertz CT molecular complexity index is 324. The summed E-state index contributed by atoms with van der Waals surface area (Å²) >= 11 is 0. The van der Waals surface area contributed by atoms with Gasteiger partial charge in [0.15, 0.2) is 0 Å². The molecule has 1 heterocycles. The summed E-state index contributed by atoms with van der Waals surface area (Å²) in [5.74, 6) is 0. The van der Waals surface area contributed by atoms with Gasteiger partial charge in [0.05, 0.1) is 0 Å². The van der Waals surface area contributed by atoms with E-state index in [1.807, 2.05) is 10.6 Å². The number of aromatic amines is 1. The number of imidazole rings is 1. The average Bonchev–Trinajstić information content (AvgIpc) is 2.37. The number of nitrogens with one attached hydrogen (secondary N) is 2. The van der Waals surface area contributed by atoms with E-state index in [0.717, 1.165) is 4.68 Å². The minimum Gasteiger partial charge on any atom is -0.311 e. The molecule has 1 aromatic heterocycles. The normalized spacial score (nSPS) is 9.09. The van der Waals surface area contributed by atoms with Crippen LogP contribution in [-0.2, 0) is 0 Å². The molecule has 2 N–H and O–H groups in total. The molecule has 0 aromatic carbocycles. The summed E-state index contributed by atoms with van der Waals surface area (Å²) in [4.78, 5) is 32.7. The molecule has 0 atom stereocenters. The lowest BCUT2D eigenvalue weighted by molar-refractivity contribution is 0.257. The summed E-state index contributed by atoms with van der Waals surface area (Å²) in [5.41, 5.74) is 1.35. The molecule has 0 radical (unpaired) electrons. The Kier molecular flexibility index (Phi) is 1.81. The molecule has 0 unspecified atom stereocenters. The number of hydrogen-bond acceptors (Lipinski definition) is 3. The van der Waals surface area contributed by atoms with E-state index in [0.29, 0.717) is 0 Å². The standard InChI is InChI=1S/C4H4N4O3/c9-3(7-11)6-8-2-1-5-4(8)10/h1-2H,(H,5,10)(H,6,9). The first-order valence-corrected chi connectivity index (χ1v) is 2.64. The molecular weight excluding hydrogens is 152 g/mol. The highest BCUT2D eigenvalue weighted by atomic mass is 16.3. The molecule has 1 aromatic rings. The Labute approximate surface area is 60.0 Å². The highest BCUT2D eigenvalue weighted by Gasteiger charge is 2.00. The maximum Gasteiger partial charge on any atom is 0.397 e. The van der Waals surface area contributed by atoms with Crippen LogP contribution in [0.25, 0.3) is 0 Å². The van der Waals surface area contributed by atoms with Gasteiger partial charge in [-0.3, -0.25) is 0 Å². The molecule has 11 heavy (non-hydrogen) atoms. The van der Waals surface area contributed by atoms with E-state index in [2.05, 4.69) is 4.98 Å². The van der Waals surface area contributed by atoms with Gasteiger partial charge in [0, 0.05) is 17.6 Å². The number of carbonyl (C=O) groups excluding carboxylic acids is 1. The largest absolute Gasteiger partial charge is 0.397 e. The Morgan fingerprint density at radius 1 is 1.73 bits per heavy atom. The summed E-state index contributed by atoms with van der Waals surface area (Å²) in [5, 5.41) is 2.03. The van der Waals surface area contributed by atoms with E-state index < -0.39 is 11.7 Å². The van der Waals surface area contributed by atoms with Gasteiger partial charge in [0.1, 0.15) is 0 Å². The van der Waals surface area contributed by atoms with Gasteiger partial charge in [-0.25, -0.2) is 19.7 Å². The molecule has 0 aliphatic rings. The average molecular weight is 156 g/mol. The first kappa shape index (κ1) is 7.19. The Morgan fingerprint density at radius 3 is 2.91 bits per heavy atom. The van der Waals surface area contributed by atoms with Crippen molar-refractivity contribution in [1.82, 2.24) is 9.66 Å². The van der Waals surface area contributed by atoms with Crippen LogP contribution in [0, 0.1) is 4.91 Å². The lowest BCUT2D eigenvalue weighted by atomic mass is 10.9. The first-order chi connectivity index (χ1) is 5.24. The van der Waals surface area contributed by atoms with Crippen LogP contribution in [0.2, 0.25) is 0 Å². The first-order valence-electron chi connectivity index (χ1n) is 2.64. The molecule has 7 nitrogen and oxygen atoms in total. The molecule has 58 valence electrons. The quantitative estimate of drug-likeness (QED) is 0.541. The molecule has 0 saturated heterocycles. The summed E-state index contributed by atoms with van der Waals surface area (Å²) in [6.45, 7) is 0. The fourth-order valence-electron chi connectivity index (χ4n) is 0.532. The van der Waals surface area contributed by atoms with Crippen LogP contribution < -0.4 is 11.1 Å². The van der Waals surface area contributed by atoms with Crippen LogP contribution in [0.3, 0.4) is 0 Å². The van der Waals surface area contributed by atoms with Crippen LogP contribution in [0.5, 0.6) is 0 Å². The smallest absolute Gasteiger partial charge is 0.311 e. The molecule has 0 bridgehead atoms. The number of nitrogens with zero attached hydrogens (tertiary/aromatic N) is 2. The van der Waals surface area contributed by atoms with Crippen molar-refractivity contribution >= 4 is 6.03 Å². The molecule has 7 heteroatoms. The Morgan fingerprint density at radius 2 is 2.45 bits per heavy atom. The third-order valence-corrected chi connectivity index (χ3v) is 0.948. The molecule has 0 fully saturated rings. The molecule has 0 saturated carbocycles. The zero-order chi connectivity index (χ0) is 8.27. The van der Waals surface area contributed by atoms with Gasteiger partial charge in [-0.05, 0) is 0 Å². The number of rotatable bonds is 1. The number of H-pyrrole nitrogens is 1. The molecule has 0 aliphatic carbocycles. The fraction of sp³-hybridized carbons (Fsp3) is 0. The maximum atomic E-state index is 10.6. The van der Waals surface area contributed by atoms with Gasteiger partial charge in [-0.1, -0.05) is 0 Å². The monoisotopic (exact) mass is 156 g/mol. The van der Waals surface area contributed by atoms with Crippen molar-refractivity contribution in [3.63, 3.8) is 0 Å². The number of hydrogen-bond donors (Lipinski definition) is 2. The third kappa shape index (κ3) is 1.51. The summed E-state index contributed by atoms with van der Waals surface area (Å²) in [6.07, 6.45) is 2.57. The number of aromatic nitrogens is 2. The highest BCUT2D eigenvalue weighted by Crippen LogP contribution is 1.76. The zero-order valence-corrected chi connectivity index (χ0v) is 5.27. The van der Waals surface area contributed by atoms with Gasteiger partial charge in [0.2, 0.25) is 0 Å². The van der Waals surface area contributed by atoms with Crippen LogP contribution >= 0.6 is 0 Å². The summed E-state index contributed by atoms with van der Waals surface area (Å²) in [7, 11) is 0. The molecule has 1 rings (SSSR count). The van der Waals surface area contributed by atoms with Gasteiger partial charge < -0.3 is 4.98 Å². The van der Waals surface area contributed by atoms with Crippen molar-refractivity contribution in [2.24, 2.45) is 5.18 Å². The number of carbonyl (C=O) groups is 1. The van der Waals surface area contributed by atoms with Crippen molar-refractivity contribution in [2.45, 2.75) is 0 Å². The van der Waals surface area contributed by atoms with Gasteiger partial charge >= 0.3 is 11.7 Å². The SMILES string of the molecule is O=NC(=O)Nn1cc[nH]c1=O. The predicted octanol–water partition coefficient (Wildman–Crippen LogP) is -0.394. The van der Waals surface area contributed by atoms with Crippen LogP contribution in [0.1, 0.15) is 0 Å². The van der Waals surface area contributed by atoms with E-state index >= 15 is 0 Å². The zero-order valence-electron chi connectivity index (χ0n) is 5.27. The minimum absolute atomic E-state index is 0.540.